The fourth-order valence-corrected chi connectivity index (χ4v) is 2.34. The van der Waals surface area contributed by atoms with E-state index in [2.05, 4.69) is 0 Å². The van der Waals surface area contributed by atoms with Crippen LogP contribution in [0.4, 0.5) is 13.2 Å². The molecule has 0 aromatic carbocycles. The summed E-state index contributed by atoms with van der Waals surface area (Å²) >= 11 is 0. The summed E-state index contributed by atoms with van der Waals surface area (Å²) in [6.07, 6.45) is -4.15. The summed E-state index contributed by atoms with van der Waals surface area (Å²) in [5, 5.41) is 0. The fourth-order valence-electron chi connectivity index (χ4n) is 2.34. The Bertz CT molecular complexity index is 520. The number of carbonyl (C=O) groups excluding carboxylic acids is 1. The number of rotatable bonds is 5. The number of carbonyl (C=O) groups is 1. The van der Waals surface area contributed by atoms with Crippen molar-refractivity contribution in [3.63, 3.8) is 0 Å². The lowest BCUT2D eigenvalue weighted by Gasteiger charge is -2.34. The maximum atomic E-state index is 12.3. The molecule has 1 aromatic rings. The van der Waals surface area contributed by atoms with Crippen molar-refractivity contribution < 1.29 is 27.1 Å². The third kappa shape index (κ3) is 5.54. The van der Waals surface area contributed by atoms with E-state index in [1.165, 1.54) is 9.80 Å². The number of halogens is 3. The molecule has 1 aromatic heterocycles. The van der Waals surface area contributed by atoms with Crippen molar-refractivity contribution in [2.45, 2.75) is 32.7 Å². The van der Waals surface area contributed by atoms with Gasteiger partial charge in [0.05, 0.1) is 12.6 Å². The smallest absolute Gasteiger partial charge is 0.401 e. The summed E-state index contributed by atoms with van der Waals surface area (Å²) < 4.78 is 47.9. The minimum atomic E-state index is -4.21. The second-order valence-electron chi connectivity index (χ2n) is 5.81. The van der Waals surface area contributed by atoms with Crippen LogP contribution in [0.15, 0.2) is 16.5 Å². The molecule has 1 fully saturated rings. The highest BCUT2D eigenvalue weighted by Gasteiger charge is 2.33. The zero-order valence-electron chi connectivity index (χ0n) is 13.2. The van der Waals surface area contributed by atoms with E-state index < -0.39 is 12.7 Å². The molecule has 0 bridgehead atoms. The van der Waals surface area contributed by atoms with E-state index in [1.54, 1.807) is 12.1 Å². The number of hydrogen-bond donors (Lipinski definition) is 0. The van der Waals surface area contributed by atoms with E-state index in [9.17, 15) is 18.0 Å². The molecule has 0 aliphatic carbocycles. The predicted molar refractivity (Wildman–Crippen MR) is 77.0 cm³/mol. The fraction of sp³-hybridized carbons (Fsp3) is 0.667. The van der Waals surface area contributed by atoms with Gasteiger partial charge in [0.15, 0.2) is 5.76 Å². The molecule has 2 heterocycles. The van der Waals surface area contributed by atoms with E-state index in [1.807, 2.05) is 13.8 Å². The summed E-state index contributed by atoms with van der Waals surface area (Å²) in [5.74, 6) is 0.446. The van der Waals surface area contributed by atoms with Crippen LogP contribution >= 0.6 is 0 Å². The molecule has 5 nitrogen and oxygen atoms in total. The third-order valence-electron chi connectivity index (χ3n) is 3.49. The van der Waals surface area contributed by atoms with Crippen LogP contribution in [0, 0.1) is 0 Å². The molecule has 1 amide bonds. The van der Waals surface area contributed by atoms with Crippen LogP contribution in [0.2, 0.25) is 0 Å². The lowest BCUT2D eigenvalue weighted by atomic mass is 10.3. The van der Waals surface area contributed by atoms with Crippen LogP contribution in [-0.2, 0) is 11.3 Å². The Morgan fingerprint density at radius 1 is 1.26 bits per heavy atom. The van der Waals surface area contributed by atoms with Crippen molar-refractivity contribution in [3.8, 4) is 0 Å². The van der Waals surface area contributed by atoms with Gasteiger partial charge in [-0.2, -0.15) is 13.2 Å². The second kappa shape index (κ2) is 7.35. The summed E-state index contributed by atoms with van der Waals surface area (Å²) in [7, 11) is 0. The molecule has 130 valence electrons. The summed E-state index contributed by atoms with van der Waals surface area (Å²) in [4.78, 5) is 15.1. The maximum Gasteiger partial charge on any atom is 0.401 e. The van der Waals surface area contributed by atoms with E-state index in [-0.39, 0.29) is 50.6 Å². The Labute approximate surface area is 133 Å². The third-order valence-corrected chi connectivity index (χ3v) is 3.49. The first-order chi connectivity index (χ1) is 10.7. The van der Waals surface area contributed by atoms with Gasteiger partial charge < -0.3 is 14.1 Å². The zero-order chi connectivity index (χ0) is 17.0. The van der Waals surface area contributed by atoms with E-state index in [4.69, 9.17) is 9.15 Å². The van der Waals surface area contributed by atoms with Crippen molar-refractivity contribution in [2.75, 3.05) is 32.7 Å². The molecule has 0 unspecified atom stereocenters. The highest BCUT2D eigenvalue weighted by molar-refractivity contribution is 5.91. The minimum Gasteiger partial charge on any atom is -0.453 e. The second-order valence-corrected chi connectivity index (χ2v) is 5.81. The van der Waals surface area contributed by atoms with Gasteiger partial charge in [-0.15, -0.1) is 0 Å². The first-order valence-electron chi connectivity index (χ1n) is 7.53. The number of furan rings is 1. The normalized spacial score (nSPS) is 17.0. The van der Waals surface area contributed by atoms with E-state index in [0.29, 0.717) is 5.76 Å². The number of hydrogen-bond acceptors (Lipinski definition) is 4. The summed E-state index contributed by atoms with van der Waals surface area (Å²) in [6, 6.07) is 3.25. The Balaban J connectivity index is 1.85. The van der Waals surface area contributed by atoms with Crippen molar-refractivity contribution in [2.24, 2.45) is 0 Å². The molecular formula is C15H21F3N2O3. The molecule has 1 saturated heterocycles. The number of nitrogens with zero attached hydrogens (tertiary/aromatic N) is 2. The van der Waals surface area contributed by atoms with Crippen molar-refractivity contribution >= 4 is 5.91 Å². The molecule has 23 heavy (non-hydrogen) atoms. The standard InChI is InChI=1S/C15H21F3N2O3/c1-11(2)22-9-12-3-4-13(23-12)14(21)20-7-5-19(6-8-20)10-15(16,17)18/h3-4,11H,5-10H2,1-2H3. The van der Waals surface area contributed by atoms with Crippen LogP contribution < -0.4 is 0 Å². The van der Waals surface area contributed by atoms with E-state index >= 15 is 0 Å². The van der Waals surface area contributed by atoms with Crippen LogP contribution in [0.5, 0.6) is 0 Å². The molecule has 8 heteroatoms. The molecule has 2 rings (SSSR count). The van der Waals surface area contributed by atoms with Gasteiger partial charge in [-0.25, -0.2) is 0 Å². The Hall–Kier alpha value is -1.54. The topological polar surface area (TPSA) is 45.9 Å². The first kappa shape index (κ1) is 17.8. The largest absolute Gasteiger partial charge is 0.453 e. The highest BCUT2D eigenvalue weighted by Crippen LogP contribution is 2.19. The molecule has 0 spiro atoms. The highest BCUT2D eigenvalue weighted by atomic mass is 19.4. The molecule has 1 aliphatic heterocycles. The quantitative estimate of drug-likeness (QED) is 0.830. The van der Waals surface area contributed by atoms with Gasteiger partial charge in [0, 0.05) is 26.2 Å². The van der Waals surface area contributed by atoms with Crippen LogP contribution in [-0.4, -0.2) is 60.7 Å². The molecule has 0 saturated carbocycles. The van der Waals surface area contributed by atoms with Gasteiger partial charge in [0.25, 0.3) is 5.91 Å². The van der Waals surface area contributed by atoms with Crippen LogP contribution in [0.3, 0.4) is 0 Å². The van der Waals surface area contributed by atoms with Crippen molar-refractivity contribution in [1.29, 1.82) is 0 Å². The van der Waals surface area contributed by atoms with Gasteiger partial charge in [-0.3, -0.25) is 9.69 Å². The van der Waals surface area contributed by atoms with Gasteiger partial charge in [-0.05, 0) is 26.0 Å². The maximum absolute atomic E-state index is 12.3. The number of amides is 1. The Morgan fingerprint density at radius 3 is 2.48 bits per heavy atom. The Morgan fingerprint density at radius 2 is 1.91 bits per heavy atom. The summed E-state index contributed by atoms with van der Waals surface area (Å²) in [5.41, 5.74) is 0. The molecule has 0 N–H and O–H groups in total. The van der Waals surface area contributed by atoms with Gasteiger partial charge in [0.1, 0.15) is 12.4 Å². The SMILES string of the molecule is CC(C)OCc1ccc(C(=O)N2CCN(CC(F)(F)F)CC2)o1. The van der Waals surface area contributed by atoms with Gasteiger partial charge in [-0.1, -0.05) is 0 Å². The lowest BCUT2D eigenvalue weighted by Crippen LogP contribution is -2.50. The first-order valence-corrected chi connectivity index (χ1v) is 7.53. The molecule has 0 radical (unpaired) electrons. The average molecular weight is 334 g/mol. The minimum absolute atomic E-state index is 0.0564. The lowest BCUT2D eigenvalue weighted by molar-refractivity contribution is -0.148. The summed E-state index contributed by atoms with van der Waals surface area (Å²) in [6.45, 7) is 4.06. The predicted octanol–water partition coefficient (Wildman–Crippen LogP) is 2.52. The number of ether oxygens (including phenoxy) is 1. The molecule has 1 aliphatic rings. The zero-order valence-corrected chi connectivity index (χ0v) is 13.2. The average Bonchev–Trinajstić information content (AvgIpc) is 2.92. The van der Waals surface area contributed by atoms with Gasteiger partial charge >= 0.3 is 6.18 Å². The van der Waals surface area contributed by atoms with Crippen LogP contribution in [0.1, 0.15) is 30.2 Å². The van der Waals surface area contributed by atoms with Crippen molar-refractivity contribution in [3.05, 3.63) is 23.7 Å². The number of piperazine rings is 1. The van der Waals surface area contributed by atoms with Crippen LogP contribution in [0.25, 0.3) is 0 Å². The number of alkyl halides is 3. The van der Waals surface area contributed by atoms with E-state index in [0.717, 1.165) is 0 Å². The molecule has 0 atom stereocenters. The van der Waals surface area contributed by atoms with Gasteiger partial charge in [0.2, 0.25) is 0 Å². The monoisotopic (exact) mass is 334 g/mol. The molecular weight excluding hydrogens is 313 g/mol. The van der Waals surface area contributed by atoms with Crippen molar-refractivity contribution in [1.82, 2.24) is 9.80 Å². The Kier molecular flexibility index (Phi) is 5.69.